The predicted molar refractivity (Wildman–Crippen MR) is 68.6 cm³/mol. The lowest BCUT2D eigenvalue weighted by molar-refractivity contribution is 0.132. The quantitative estimate of drug-likeness (QED) is 0.426. The van der Waals surface area contributed by atoms with Crippen LogP contribution in [0.1, 0.15) is 13.3 Å². The summed E-state index contributed by atoms with van der Waals surface area (Å²) in [5.74, 6) is 0. The molecular weight excluding hydrogens is 267 g/mol. The van der Waals surface area contributed by atoms with Crippen molar-refractivity contribution in [1.82, 2.24) is 8.61 Å². The topological polar surface area (TPSA) is 49.9 Å². The van der Waals surface area contributed by atoms with Gasteiger partial charge in [0.15, 0.2) is 0 Å². The van der Waals surface area contributed by atoms with Crippen LogP contribution in [0.2, 0.25) is 0 Å². The number of ether oxygens (including phenoxy) is 1. The number of halogens is 1. The summed E-state index contributed by atoms with van der Waals surface area (Å²) in [7, 11) is 2.64. The molecule has 1 atom stereocenters. The van der Waals surface area contributed by atoms with Gasteiger partial charge in [-0.15, -0.1) is 4.39 Å². The van der Waals surface area contributed by atoms with E-state index in [9.17, 15) is 14.0 Å². The van der Waals surface area contributed by atoms with E-state index in [0.717, 1.165) is 10.7 Å². The fourth-order valence-electron chi connectivity index (χ4n) is 0.857. The lowest BCUT2D eigenvalue weighted by Gasteiger charge is -2.20. The van der Waals surface area contributed by atoms with Gasteiger partial charge in [-0.25, -0.2) is 18.2 Å². The first kappa shape index (κ1) is 16.4. The molecule has 0 heterocycles. The second-order valence-corrected chi connectivity index (χ2v) is 5.57. The van der Waals surface area contributed by atoms with Crippen molar-refractivity contribution in [1.29, 1.82) is 0 Å². The van der Waals surface area contributed by atoms with Crippen molar-refractivity contribution < 1.29 is 18.7 Å². The molecule has 0 rings (SSSR count). The first-order chi connectivity index (χ1) is 7.92. The van der Waals surface area contributed by atoms with Gasteiger partial charge in [-0.1, -0.05) is 6.92 Å². The Morgan fingerprint density at radius 1 is 1.35 bits per heavy atom. The van der Waals surface area contributed by atoms with Crippen LogP contribution >= 0.6 is 23.9 Å². The Morgan fingerprint density at radius 3 is 2.35 bits per heavy atom. The molecule has 0 saturated carbocycles. The van der Waals surface area contributed by atoms with Crippen LogP contribution in [0.15, 0.2) is 0 Å². The van der Waals surface area contributed by atoms with Crippen molar-refractivity contribution in [2.24, 2.45) is 0 Å². The Labute approximate surface area is 109 Å². The van der Waals surface area contributed by atoms with E-state index in [2.05, 4.69) is 0 Å². The standard InChI is InChI=1S/C9H17FN2O3S2/c1-5-7(16-4)6-15-9(14)12(3)17-11(2)8(10)13/h7H,5-6H2,1-4H3. The van der Waals surface area contributed by atoms with Crippen LogP contribution < -0.4 is 0 Å². The molecule has 100 valence electrons. The summed E-state index contributed by atoms with van der Waals surface area (Å²) in [5.41, 5.74) is 0. The number of hydrogen-bond donors (Lipinski definition) is 0. The molecule has 0 bridgehead atoms. The molecular formula is C9H17FN2O3S2. The minimum atomic E-state index is -1.62. The van der Waals surface area contributed by atoms with Crippen LogP contribution in [0.5, 0.6) is 0 Å². The van der Waals surface area contributed by atoms with Gasteiger partial charge < -0.3 is 4.74 Å². The summed E-state index contributed by atoms with van der Waals surface area (Å²) in [5, 5.41) is 0.248. The van der Waals surface area contributed by atoms with Gasteiger partial charge >= 0.3 is 12.3 Å². The van der Waals surface area contributed by atoms with Crippen molar-refractivity contribution >= 4 is 36.2 Å². The third-order valence-corrected chi connectivity index (χ3v) is 3.85. The summed E-state index contributed by atoms with van der Waals surface area (Å²) >= 11 is 2.26. The van der Waals surface area contributed by atoms with Gasteiger partial charge in [-0.3, -0.25) is 0 Å². The molecule has 0 N–H and O–H groups in total. The average Bonchev–Trinajstić information content (AvgIpc) is 2.29. The minimum absolute atomic E-state index is 0.248. The number of thioether (sulfide) groups is 1. The molecule has 0 aromatic rings. The predicted octanol–water partition coefficient (Wildman–Crippen LogP) is 2.78. The second kappa shape index (κ2) is 8.46. The Kier molecular flexibility index (Phi) is 8.15. The molecule has 2 amide bonds. The largest absolute Gasteiger partial charge is 0.448 e. The summed E-state index contributed by atoms with van der Waals surface area (Å²) in [6, 6.07) is 0. The highest BCUT2D eigenvalue weighted by molar-refractivity contribution is 7.99. The van der Waals surface area contributed by atoms with Crippen molar-refractivity contribution in [3.05, 3.63) is 0 Å². The Balaban J connectivity index is 4.01. The smallest absolute Gasteiger partial charge is 0.420 e. The van der Waals surface area contributed by atoms with E-state index in [1.165, 1.54) is 14.1 Å². The lowest BCUT2D eigenvalue weighted by Crippen LogP contribution is -2.29. The van der Waals surface area contributed by atoms with E-state index < -0.39 is 12.3 Å². The number of rotatable bonds is 6. The molecule has 0 aliphatic rings. The van der Waals surface area contributed by atoms with E-state index in [-0.39, 0.29) is 5.25 Å². The molecule has 5 nitrogen and oxygen atoms in total. The van der Waals surface area contributed by atoms with E-state index in [1.807, 2.05) is 13.2 Å². The first-order valence-electron chi connectivity index (χ1n) is 4.96. The van der Waals surface area contributed by atoms with E-state index in [0.29, 0.717) is 23.0 Å². The summed E-state index contributed by atoms with van der Waals surface area (Å²) < 4.78 is 19.0. The van der Waals surface area contributed by atoms with Gasteiger partial charge in [0.1, 0.15) is 6.61 Å². The number of carbonyl (C=O) groups excluding carboxylic acids is 2. The van der Waals surface area contributed by atoms with Gasteiger partial charge in [0, 0.05) is 19.3 Å². The Bertz CT molecular complexity index is 265. The van der Waals surface area contributed by atoms with Crippen molar-refractivity contribution in [3.63, 3.8) is 0 Å². The SMILES string of the molecule is CCC(COC(=O)N(C)SN(C)C(=O)F)SC. The molecule has 0 saturated heterocycles. The Morgan fingerprint density at radius 2 is 1.94 bits per heavy atom. The van der Waals surface area contributed by atoms with Crippen molar-refractivity contribution in [2.75, 3.05) is 27.0 Å². The molecule has 0 spiro atoms. The molecule has 0 radical (unpaired) electrons. The van der Waals surface area contributed by atoms with E-state index >= 15 is 0 Å². The number of carbonyl (C=O) groups is 2. The molecule has 0 aromatic carbocycles. The maximum atomic E-state index is 12.2. The summed E-state index contributed by atoms with van der Waals surface area (Å²) in [6.07, 6.45) is 0.616. The molecule has 0 aliphatic heterocycles. The van der Waals surface area contributed by atoms with Gasteiger partial charge in [0.2, 0.25) is 0 Å². The molecule has 8 heteroatoms. The Hall–Kier alpha value is -0.630. The fraction of sp³-hybridized carbons (Fsp3) is 0.778. The maximum Gasteiger partial charge on any atom is 0.420 e. The van der Waals surface area contributed by atoms with Crippen LogP contribution in [-0.2, 0) is 4.74 Å². The van der Waals surface area contributed by atoms with Crippen molar-refractivity contribution in [2.45, 2.75) is 18.6 Å². The molecule has 0 aliphatic carbocycles. The van der Waals surface area contributed by atoms with Gasteiger partial charge in [0.05, 0.1) is 12.1 Å². The zero-order valence-electron chi connectivity index (χ0n) is 10.3. The first-order valence-corrected chi connectivity index (χ1v) is 6.98. The zero-order valence-corrected chi connectivity index (χ0v) is 11.9. The highest BCUT2D eigenvalue weighted by Crippen LogP contribution is 2.16. The van der Waals surface area contributed by atoms with Crippen LogP contribution in [0.3, 0.4) is 0 Å². The summed E-state index contributed by atoms with van der Waals surface area (Å²) in [6.45, 7) is 2.30. The van der Waals surface area contributed by atoms with Crippen LogP contribution in [0, 0.1) is 0 Å². The highest BCUT2D eigenvalue weighted by atomic mass is 32.2. The van der Waals surface area contributed by atoms with Gasteiger partial charge in [0.25, 0.3) is 0 Å². The third kappa shape index (κ3) is 6.62. The van der Waals surface area contributed by atoms with Crippen LogP contribution in [-0.4, -0.2) is 53.1 Å². The average molecular weight is 284 g/mol. The lowest BCUT2D eigenvalue weighted by atomic mass is 10.3. The van der Waals surface area contributed by atoms with E-state index in [1.54, 1.807) is 11.8 Å². The van der Waals surface area contributed by atoms with Crippen LogP contribution in [0.25, 0.3) is 0 Å². The molecule has 1 unspecified atom stereocenters. The highest BCUT2D eigenvalue weighted by Gasteiger charge is 2.18. The molecule has 0 aromatic heterocycles. The monoisotopic (exact) mass is 284 g/mol. The van der Waals surface area contributed by atoms with Crippen LogP contribution in [0.4, 0.5) is 14.0 Å². The molecule has 0 fully saturated rings. The summed E-state index contributed by atoms with van der Waals surface area (Å²) in [4.78, 5) is 21.8. The van der Waals surface area contributed by atoms with Gasteiger partial charge in [-0.05, 0) is 12.7 Å². The van der Waals surface area contributed by atoms with Gasteiger partial charge in [-0.2, -0.15) is 11.8 Å². The van der Waals surface area contributed by atoms with Crippen molar-refractivity contribution in [3.8, 4) is 0 Å². The maximum absolute atomic E-state index is 12.2. The number of nitrogens with zero attached hydrogens (tertiary/aromatic N) is 2. The third-order valence-electron chi connectivity index (χ3n) is 1.93. The number of amides is 2. The second-order valence-electron chi connectivity index (χ2n) is 3.17. The minimum Gasteiger partial charge on any atom is -0.448 e. The molecule has 17 heavy (non-hydrogen) atoms. The zero-order chi connectivity index (χ0) is 13.4. The number of hydrogen-bond acceptors (Lipinski definition) is 5. The van der Waals surface area contributed by atoms with E-state index in [4.69, 9.17) is 4.74 Å². The normalized spacial score (nSPS) is 11.8. The fourth-order valence-corrected chi connectivity index (χ4v) is 1.95.